The Kier molecular flexibility index (Phi) is 8.29. The van der Waals surface area contributed by atoms with Gasteiger partial charge >= 0.3 is 0 Å². The molecule has 0 bridgehead atoms. The standard InChI is InChI=1S/C11H22O2S/c1-4-6-7-8-10(12)9(3)11(13)14-5-2/h9-10,12H,4-8H2,1-3H3/t9-,10+/m0/s1. The van der Waals surface area contributed by atoms with Gasteiger partial charge in [-0.2, -0.15) is 0 Å². The van der Waals surface area contributed by atoms with Crippen LogP contribution >= 0.6 is 11.8 Å². The molecule has 0 aromatic rings. The van der Waals surface area contributed by atoms with Crippen LogP contribution in [0.2, 0.25) is 0 Å². The zero-order valence-electron chi connectivity index (χ0n) is 9.45. The minimum absolute atomic E-state index is 0.122. The summed E-state index contributed by atoms with van der Waals surface area (Å²) in [5, 5.41) is 9.83. The van der Waals surface area contributed by atoms with Gasteiger partial charge in [0, 0.05) is 0 Å². The fourth-order valence-corrected chi connectivity index (χ4v) is 1.99. The third-order valence-electron chi connectivity index (χ3n) is 2.34. The number of carbonyl (C=O) groups is 1. The second-order valence-electron chi connectivity index (χ2n) is 3.60. The first-order chi connectivity index (χ1) is 6.63. The summed E-state index contributed by atoms with van der Waals surface area (Å²) in [4.78, 5) is 11.4. The number of unbranched alkanes of at least 4 members (excludes halogenated alkanes) is 2. The van der Waals surface area contributed by atoms with E-state index in [1.165, 1.54) is 11.8 Å². The van der Waals surface area contributed by atoms with Gasteiger partial charge in [0.1, 0.15) is 0 Å². The first-order valence-electron chi connectivity index (χ1n) is 5.48. The molecule has 0 amide bonds. The number of carbonyl (C=O) groups excluding carboxylic acids is 1. The third kappa shape index (κ3) is 5.66. The molecule has 14 heavy (non-hydrogen) atoms. The average molecular weight is 218 g/mol. The lowest BCUT2D eigenvalue weighted by Gasteiger charge is -2.16. The van der Waals surface area contributed by atoms with Crippen LogP contribution < -0.4 is 0 Å². The van der Waals surface area contributed by atoms with Crippen molar-refractivity contribution in [2.24, 2.45) is 5.92 Å². The van der Waals surface area contributed by atoms with E-state index in [0.29, 0.717) is 0 Å². The van der Waals surface area contributed by atoms with Crippen molar-refractivity contribution in [3.8, 4) is 0 Å². The van der Waals surface area contributed by atoms with Gasteiger partial charge in [-0.1, -0.05) is 51.8 Å². The Morgan fingerprint density at radius 3 is 2.50 bits per heavy atom. The van der Waals surface area contributed by atoms with Crippen LogP contribution in [0.5, 0.6) is 0 Å². The normalized spacial score (nSPS) is 15.1. The van der Waals surface area contributed by atoms with Crippen LogP contribution in [0.3, 0.4) is 0 Å². The Bertz CT molecular complexity index is 159. The fourth-order valence-electron chi connectivity index (χ4n) is 1.28. The molecule has 0 aromatic heterocycles. The fraction of sp³-hybridized carbons (Fsp3) is 0.909. The van der Waals surface area contributed by atoms with E-state index in [1.54, 1.807) is 0 Å². The number of thioether (sulfide) groups is 1. The molecule has 0 aliphatic heterocycles. The molecule has 0 spiro atoms. The number of rotatable bonds is 7. The lowest BCUT2D eigenvalue weighted by atomic mass is 10.0. The molecule has 0 saturated heterocycles. The Morgan fingerprint density at radius 1 is 1.36 bits per heavy atom. The molecule has 0 unspecified atom stereocenters. The van der Waals surface area contributed by atoms with Crippen molar-refractivity contribution in [2.45, 2.75) is 52.6 Å². The van der Waals surface area contributed by atoms with Gasteiger partial charge in [0.05, 0.1) is 12.0 Å². The summed E-state index contributed by atoms with van der Waals surface area (Å²) < 4.78 is 0. The van der Waals surface area contributed by atoms with Crippen LogP contribution in [0.1, 0.15) is 46.5 Å². The first-order valence-corrected chi connectivity index (χ1v) is 6.46. The van der Waals surface area contributed by atoms with E-state index in [-0.39, 0.29) is 11.0 Å². The molecule has 0 saturated carbocycles. The number of aliphatic hydroxyl groups is 1. The van der Waals surface area contributed by atoms with Crippen molar-refractivity contribution >= 4 is 16.9 Å². The summed E-state index contributed by atoms with van der Waals surface area (Å²) in [7, 11) is 0. The molecular weight excluding hydrogens is 196 g/mol. The molecule has 0 heterocycles. The third-order valence-corrected chi connectivity index (χ3v) is 3.28. The largest absolute Gasteiger partial charge is 0.392 e. The molecule has 0 aliphatic carbocycles. The van der Waals surface area contributed by atoms with Crippen LogP contribution in [0.25, 0.3) is 0 Å². The summed E-state index contributed by atoms with van der Waals surface area (Å²) in [6.07, 6.45) is 3.61. The Labute approximate surface area is 91.5 Å². The second kappa shape index (κ2) is 8.30. The lowest BCUT2D eigenvalue weighted by molar-refractivity contribution is -0.117. The molecule has 0 radical (unpaired) electrons. The van der Waals surface area contributed by atoms with Crippen molar-refractivity contribution < 1.29 is 9.90 Å². The van der Waals surface area contributed by atoms with E-state index in [4.69, 9.17) is 0 Å². The lowest BCUT2D eigenvalue weighted by Crippen LogP contribution is -2.23. The van der Waals surface area contributed by atoms with E-state index in [9.17, 15) is 9.90 Å². The van der Waals surface area contributed by atoms with E-state index in [0.717, 1.165) is 31.4 Å². The van der Waals surface area contributed by atoms with E-state index < -0.39 is 6.10 Å². The summed E-state index contributed by atoms with van der Waals surface area (Å²) in [6.45, 7) is 5.91. The summed E-state index contributed by atoms with van der Waals surface area (Å²) in [5.74, 6) is 0.585. The molecule has 0 aliphatic rings. The van der Waals surface area contributed by atoms with Crippen molar-refractivity contribution in [3.05, 3.63) is 0 Å². The van der Waals surface area contributed by atoms with Gasteiger partial charge in [0.25, 0.3) is 0 Å². The molecule has 1 N–H and O–H groups in total. The molecule has 0 fully saturated rings. The average Bonchev–Trinajstić information content (AvgIpc) is 2.17. The maximum absolute atomic E-state index is 11.4. The molecule has 84 valence electrons. The summed E-state index contributed by atoms with van der Waals surface area (Å²) >= 11 is 1.31. The zero-order chi connectivity index (χ0) is 11.0. The van der Waals surface area contributed by atoms with Crippen LogP contribution in [0, 0.1) is 5.92 Å². The van der Waals surface area contributed by atoms with Gasteiger partial charge in [0.2, 0.25) is 0 Å². The highest BCUT2D eigenvalue weighted by molar-refractivity contribution is 8.13. The second-order valence-corrected chi connectivity index (χ2v) is 4.87. The highest BCUT2D eigenvalue weighted by Crippen LogP contribution is 2.18. The van der Waals surface area contributed by atoms with Gasteiger partial charge in [-0.3, -0.25) is 4.79 Å². The van der Waals surface area contributed by atoms with Gasteiger partial charge in [-0.25, -0.2) is 0 Å². The van der Waals surface area contributed by atoms with E-state index in [1.807, 2.05) is 13.8 Å². The van der Waals surface area contributed by atoms with Crippen molar-refractivity contribution in [3.63, 3.8) is 0 Å². The highest BCUT2D eigenvalue weighted by atomic mass is 32.2. The van der Waals surface area contributed by atoms with Crippen LogP contribution in [-0.2, 0) is 4.79 Å². The Balaban J connectivity index is 3.74. The van der Waals surface area contributed by atoms with Crippen molar-refractivity contribution in [2.75, 3.05) is 5.75 Å². The van der Waals surface area contributed by atoms with Gasteiger partial charge in [-0.15, -0.1) is 0 Å². The molecule has 0 rings (SSSR count). The van der Waals surface area contributed by atoms with Gasteiger partial charge in [0.15, 0.2) is 5.12 Å². The summed E-state index contributed by atoms with van der Waals surface area (Å²) in [5.41, 5.74) is 0. The van der Waals surface area contributed by atoms with Crippen LogP contribution in [0.15, 0.2) is 0 Å². The predicted molar refractivity (Wildman–Crippen MR) is 62.5 cm³/mol. The Morgan fingerprint density at radius 2 is 2.00 bits per heavy atom. The topological polar surface area (TPSA) is 37.3 Å². The van der Waals surface area contributed by atoms with E-state index >= 15 is 0 Å². The molecule has 2 atom stereocenters. The number of aliphatic hydroxyl groups excluding tert-OH is 1. The zero-order valence-corrected chi connectivity index (χ0v) is 10.3. The molecule has 3 heteroatoms. The quantitative estimate of drug-likeness (QED) is 0.668. The van der Waals surface area contributed by atoms with E-state index in [2.05, 4.69) is 6.92 Å². The SMILES string of the molecule is CCCCC[C@@H](O)[C@H](C)C(=O)SCC. The smallest absolute Gasteiger partial charge is 0.194 e. The number of hydrogen-bond donors (Lipinski definition) is 1. The van der Waals surface area contributed by atoms with Crippen LogP contribution in [0.4, 0.5) is 0 Å². The van der Waals surface area contributed by atoms with Crippen LogP contribution in [-0.4, -0.2) is 22.1 Å². The van der Waals surface area contributed by atoms with Gasteiger partial charge < -0.3 is 5.11 Å². The predicted octanol–water partition coefficient (Wildman–Crippen LogP) is 2.84. The molecular formula is C11H22O2S. The van der Waals surface area contributed by atoms with Gasteiger partial charge in [-0.05, 0) is 12.2 Å². The van der Waals surface area contributed by atoms with Crippen molar-refractivity contribution in [1.29, 1.82) is 0 Å². The highest BCUT2D eigenvalue weighted by Gasteiger charge is 2.20. The maximum atomic E-state index is 11.4. The molecule has 0 aromatic carbocycles. The molecule has 2 nitrogen and oxygen atoms in total. The minimum Gasteiger partial charge on any atom is -0.392 e. The first kappa shape index (κ1) is 14.0. The monoisotopic (exact) mass is 218 g/mol. The minimum atomic E-state index is -0.451. The van der Waals surface area contributed by atoms with Crippen molar-refractivity contribution in [1.82, 2.24) is 0 Å². The number of hydrogen-bond acceptors (Lipinski definition) is 3. The maximum Gasteiger partial charge on any atom is 0.194 e. The Hall–Kier alpha value is -0.0200. The summed E-state index contributed by atoms with van der Waals surface area (Å²) in [6, 6.07) is 0.